The second-order valence-corrected chi connectivity index (χ2v) is 4.30. The van der Waals surface area contributed by atoms with Crippen molar-refractivity contribution >= 4 is 5.91 Å². The molecule has 0 aliphatic heterocycles. The molecular formula is C11H19N3O. The minimum absolute atomic E-state index is 0.0159. The summed E-state index contributed by atoms with van der Waals surface area (Å²) in [5.74, 6) is -0.236. The maximum Gasteiger partial charge on any atom is 0.222 e. The Bertz CT molecular complexity index is 268. The summed E-state index contributed by atoms with van der Waals surface area (Å²) < 4.78 is 0. The number of nitrogens with zero attached hydrogens (tertiary/aromatic N) is 3. The van der Waals surface area contributed by atoms with Gasteiger partial charge in [-0.05, 0) is 54.6 Å². The zero-order valence-electron chi connectivity index (χ0n) is 9.57. The van der Waals surface area contributed by atoms with Crippen molar-refractivity contribution in [3.05, 3.63) is 10.4 Å². The Hall–Kier alpha value is -1.02. The Morgan fingerprint density at radius 2 is 1.80 bits per heavy atom. The van der Waals surface area contributed by atoms with Gasteiger partial charge < -0.3 is 0 Å². The lowest BCUT2D eigenvalue weighted by Gasteiger charge is -2.26. The van der Waals surface area contributed by atoms with E-state index in [-0.39, 0.29) is 11.8 Å². The van der Waals surface area contributed by atoms with Crippen molar-refractivity contribution < 1.29 is 4.79 Å². The van der Waals surface area contributed by atoms with Gasteiger partial charge in [-0.1, -0.05) is 13.8 Å². The van der Waals surface area contributed by atoms with E-state index < -0.39 is 0 Å². The summed E-state index contributed by atoms with van der Waals surface area (Å²) in [6.07, 6.45) is 6.86. The monoisotopic (exact) mass is 209 g/mol. The van der Waals surface area contributed by atoms with Crippen molar-refractivity contribution in [1.82, 2.24) is 0 Å². The fourth-order valence-corrected chi connectivity index (χ4v) is 2.28. The number of hydrogen-bond donors (Lipinski definition) is 0. The molecule has 0 N–H and O–H groups in total. The molecule has 0 aromatic heterocycles. The molecule has 84 valence electrons. The third kappa shape index (κ3) is 2.96. The van der Waals surface area contributed by atoms with Crippen molar-refractivity contribution in [3.63, 3.8) is 0 Å². The second-order valence-electron chi connectivity index (χ2n) is 4.30. The SMILES string of the molecule is CC.[N-]=[N+]=NC(=O)C1CCC2(CC1)CC2. The molecule has 4 nitrogen and oxygen atoms in total. The molecule has 0 saturated heterocycles. The van der Waals surface area contributed by atoms with Gasteiger partial charge >= 0.3 is 0 Å². The Balaban J connectivity index is 0.000000531. The largest absolute Gasteiger partial charge is 0.292 e. The van der Waals surface area contributed by atoms with Gasteiger partial charge in [0, 0.05) is 10.8 Å². The first kappa shape index (κ1) is 12.1. The first-order chi connectivity index (χ1) is 7.26. The second kappa shape index (κ2) is 5.17. The average Bonchev–Trinajstić information content (AvgIpc) is 3.02. The first-order valence-electron chi connectivity index (χ1n) is 5.85. The van der Waals surface area contributed by atoms with E-state index in [4.69, 9.17) is 5.53 Å². The fourth-order valence-electron chi connectivity index (χ4n) is 2.28. The molecule has 2 saturated carbocycles. The van der Waals surface area contributed by atoms with Crippen molar-refractivity contribution in [2.24, 2.45) is 16.4 Å². The van der Waals surface area contributed by atoms with Crippen LogP contribution in [0, 0.1) is 11.3 Å². The number of rotatable bonds is 1. The highest BCUT2D eigenvalue weighted by Gasteiger charge is 2.45. The molecule has 0 radical (unpaired) electrons. The van der Waals surface area contributed by atoms with Crippen LogP contribution in [0.3, 0.4) is 0 Å². The molecule has 2 rings (SSSR count). The summed E-state index contributed by atoms with van der Waals surface area (Å²) in [7, 11) is 0. The van der Waals surface area contributed by atoms with Gasteiger partial charge in [-0.25, -0.2) is 0 Å². The molecule has 0 atom stereocenters. The molecule has 2 aliphatic rings. The van der Waals surface area contributed by atoms with Gasteiger partial charge in [-0.15, -0.1) is 0 Å². The summed E-state index contributed by atoms with van der Waals surface area (Å²) in [6, 6.07) is 0. The topological polar surface area (TPSA) is 65.8 Å². The summed E-state index contributed by atoms with van der Waals surface area (Å²) in [5, 5.41) is 3.16. The lowest BCUT2D eigenvalue weighted by atomic mass is 9.79. The highest BCUT2D eigenvalue weighted by molar-refractivity contribution is 5.79. The number of hydrogen-bond acceptors (Lipinski definition) is 1. The standard InChI is InChI=1S/C9H13N3O.C2H6/c10-12-11-8(13)7-1-3-9(4-2-7)5-6-9;1-2/h7H,1-6H2;1-2H3. The normalized spacial score (nSPS) is 22.3. The Labute approximate surface area is 90.7 Å². The van der Waals surface area contributed by atoms with Crippen LogP contribution in [0.5, 0.6) is 0 Å². The lowest BCUT2D eigenvalue weighted by Crippen LogP contribution is -2.20. The van der Waals surface area contributed by atoms with Crippen molar-refractivity contribution in [1.29, 1.82) is 0 Å². The summed E-state index contributed by atoms with van der Waals surface area (Å²) >= 11 is 0. The van der Waals surface area contributed by atoms with E-state index in [1.807, 2.05) is 13.8 Å². The van der Waals surface area contributed by atoms with Crippen LogP contribution in [0.15, 0.2) is 5.11 Å². The molecule has 2 fully saturated rings. The van der Waals surface area contributed by atoms with Crippen LogP contribution in [0.4, 0.5) is 0 Å². The van der Waals surface area contributed by atoms with E-state index in [1.54, 1.807) is 0 Å². The van der Waals surface area contributed by atoms with Crippen LogP contribution in [-0.2, 0) is 4.79 Å². The Kier molecular flexibility index (Phi) is 4.15. The van der Waals surface area contributed by atoms with E-state index in [9.17, 15) is 4.79 Å². The molecule has 0 aromatic rings. The zero-order chi connectivity index (χ0) is 11.3. The molecule has 1 amide bonds. The minimum atomic E-state index is -0.252. The lowest BCUT2D eigenvalue weighted by molar-refractivity contribution is -0.123. The molecule has 15 heavy (non-hydrogen) atoms. The van der Waals surface area contributed by atoms with Gasteiger partial charge in [0.1, 0.15) is 0 Å². The van der Waals surface area contributed by atoms with Crippen molar-refractivity contribution in [2.75, 3.05) is 0 Å². The van der Waals surface area contributed by atoms with E-state index in [1.165, 1.54) is 12.8 Å². The quantitative estimate of drug-likeness (QED) is 0.367. The Morgan fingerprint density at radius 1 is 1.27 bits per heavy atom. The number of azide groups is 1. The molecular weight excluding hydrogens is 190 g/mol. The number of carbonyl (C=O) groups excluding carboxylic acids is 1. The van der Waals surface area contributed by atoms with E-state index in [0.717, 1.165) is 25.7 Å². The van der Waals surface area contributed by atoms with Crippen LogP contribution in [0.1, 0.15) is 52.4 Å². The molecule has 0 aromatic carbocycles. The van der Waals surface area contributed by atoms with Crippen LogP contribution < -0.4 is 0 Å². The molecule has 4 heteroatoms. The van der Waals surface area contributed by atoms with Crippen LogP contribution >= 0.6 is 0 Å². The molecule has 1 spiro atoms. The molecule has 0 bridgehead atoms. The highest BCUT2D eigenvalue weighted by Crippen LogP contribution is 2.57. The zero-order valence-corrected chi connectivity index (χ0v) is 9.57. The molecule has 2 aliphatic carbocycles. The van der Waals surface area contributed by atoms with E-state index >= 15 is 0 Å². The van der Waals surface area contributed by atoms with Crippen LogP contribution in [0.2, 0.25) is 0 Å². The first-order valence-corrected chi connectivity index (χ1v) is 5.85. The highest BCUT2D eigenvalue weighted by atomic mass is 16.1. The van der Waals surface area contributed by atoms with E-state index in [0.29, 0.717) is 5.41 Å². The summed E-state index contributed by atoms with van der Waals surface area (Å²) in [4.78, 5) is 13.7. The third-order valence-corrected chi connectivity index (χ3v) is 3.50. The van der Waals surface area contributed by atoms with Gasteiger partial charge in [-0.3, -0.25) is 4.79 Å². The summed E-state index contributed by atoms with van der Waals surface area (Å²) in [5.41, 5.74) is 8.72. The smallest absolute Gasteiger partial charge is 0.222 e. The van der Waals surface area contributed by atoms with Gasteiger partial charge in [0.15, 0.2) is 0 Å². The maximum atomic E-state index is 11.2. The average molecular weight is 209 g/mol. The van der Waals surface area contributed by atoms with Crippen molar-refractivity contribution in [2.45, 2.75) is 52.4 Å². The van der Waals surface area contributed by atoms with Gasteiger partial charge in [0.25, 0.3) is 0 Å². The number of carbonyl (C=O) groups is 1. The van der Waals surface area contributed by atoms with Gasteiger partial charge in [-0.2, -0.15) is 0 Å². The minimum Gasteiger partial charge on any atom is -0.292 e. The Morgan fingerprint density at radius 3 is 2.20 bits per heavy atom. The predicted molar refractivity (Wildman–Crippen MR) is 59.1 cm³/mol. The molecule has 0 unspecified atom stereocenters. The third-order valence-electron chi connectivity index (χ3n) is 3.50. The van der Waals surface area contributed by atoms with Crippen LogP contribution in [-0.4, -0.2) is 5.91 Å². The maximum absolute atomic E-state index is 11.2. The van der Waals surface area contributed by atoms with Gasteiger partial charge in [0.05, 0.1) is 0 Å². The predicted octanol–water partition coefficient (Wildman–Crippen LogP) is 3.82. The fraction of sp³-hybridized carbons (Fsp3) is 0.909. The van der Waals surface area contributed by atoms with Gasteiger partial charge in [0.2, 0.25) is 5.91 Å². The molecule has 0 heterocycles. The summed E-state index contributed by atoms with van der Waals surface area (Å²) in [6.45, 7) is 4.00. The van der Waals surface area contributed by atoms with Crippen molar-refractivity contribution in [3.8, 4) is 0 Å². The van der Waals surface area contributed by atoms with E-state index in [2.05, 4.69) is 10.0 Å². The number of amides is 1. The van der Waals surface area contributed by atoms with Crippen LogP contribution in [0.25, 0.3) is 10.4 Å².